The zero-order chi connectivity index (χ0) is 20.0. The van der Waals surface area contributed by atoms with Gasteiger partial charge in [0.25, 0.3) is 5.91 Å². The molecule has 2 aromatic carbocycles. The number of carboxylic acid groups (broad SMARTS) is 1. The van der Waals surface area contributed by atoms with Crippen molar-refractivity contribution in [3.05, 3.63) is 64.7 Å². The Morgan fingerprint density at radius 2 is 1.81 bits per heavy atom. The SMILES string of the molecule is CN(CC(=O)N/N=C\c1ccccc1C(=O)O)S(=O)(=O)c1ccc(Cl)cc1. The maximum Gasteiger partial charge on any atom is 0.336 e. The summed E-state index contributed by atoms with van der Waals surface area (Å²) in [5, 5.41) is 13.1. The monoisotopic (exact) mass is 409 g/mol. The Labute approximate surface area is 161 Å². The van der Waals surface area contributed by atoms with Gasteiger partial charge in [0, 0.05) is 17.6 Å². The minimum absolute atomic E-state index is 0.00101. The highest BCUT2D eigenvalue weighted by molar-refractivity contribution is 7.89. The van der Waals surface area contributed by atoms with Crippen LogP contribution in [0.2, 0.25) is 5.02 Å². The molecule has 0 aliphatic rings. The first kappa shape index (κ1) is 20.6. The van der Waals surface area contributed by atoms with Gasteiger partial charge in [-0.3, -0.25) is 4.79 Å². The minimum atomic E-state index is -3.86. The summed E-state index contributed by atoms with van der Waals surface area (Å²) in [5.41, 5.74) is 2.50. The van der Waals surface area contributed by atoms with Crippen LogP contribution in [0.3, 0.4) is 0 Å². The van der Waals surface area contributed by atoms with Crippen molar-refractivity contribution < 1.29 is 23.1 Å². The number of carboxylic acids is 1. The van der Waals surface area contributed by atoms with Crippen LogP contribution >= 0.6 is 11.6 Å². The number of hydrogen-bond acceptors (Lipinski definition) is 5. The molecule has 8 nitrogen and oxygen atoms in total. The highest BCUT2D eigenvalue weighted by atomic mass is 35.5. The van der Waals surface area contributed by atoms with E-state index in [1.54, 1.807) is 12.1 Å². The maximum absolute atomic E-state index is 12.4. The number of carbonyl (C=O) groups excluding carboxylic acids is 1. The van der Waals surface area contributed by atoms with Crippen molar-refractivity contribution in [2.24, 2.45) is 5.10 Å². The molecule has 0 saturated carbocycles. The maximum atomic E-state index is 12.4. The number of amides is 1. The van der Waals surface area contributed by atoms with Gasteiger partial charge in [0.15, 0.2) is 0 Å². The van der Waals surface area contributed by atoms with Gasteiger partial charge in [-0.15, -0.1) is 0 Å². The van der Waals surface area contributed by atoms with Gasteiger partial charge >= 0.3 is 5.97 Å². The van der Waals surface area contributed by atoms with E-state index in [9.17, 15) is 18.0 Å². The molecule has 0 saturated heterocycles. The van der Waals surface area contributed by atoms with E-state index in [0.29, 0.717) is 10.6 Å². The lowest BCUT2D eigenvalue weighted by Gasteiger charge is -2.16. The summed E-state index contributed by atoms with van der Waals surface area (Å²) in [7, 11) is -2.60. The fraction of sp³-hybridized carbons (Fsp3) is 0.118. The number of hydrogen-bond donors (Lipinski definition) is 2. The summed E-state index contributed by atoms with van der Waals surface area (Å²) in [5.74, 6) is -1.81. The number of likely N-dealkylation sites (N-methyl/N-ethyl adjacent to an activating group) is 1. The Hall–Kier alpha value is -2.75. The molecule has 0 aromatic heterocycles. The quantitative estimate of drug-likeness (QED) is 0.534. The standard InChI is InChI=1S/C17H16ClN3O5S/c1-21(27(25,26)14-8-6-13(18)7-9-14)11-16(22)20-19-10-12-4-2-3-5-15(12)17(23)24/h2-10H,11H2,1H3,(H,20,22)(H,23,24)/b19-10-. The van der Waals surface area contributed by atoms with Gasteiger partial charge in [-0.2, -0.15) is 9.41 Å². The number of carbonyl (C=O) groups is 2. The molecule has 1 amide bonds. The fourth-order valence-corrected chi connectivity index (χ4v) is 3.34. The van der Waals surface area contributed by atoms with E-state index in [-0.39, 0.29) is 10.5 Å². The number of aromatic carboxylic acids is 1. The summed E-state index contributed by atoms with van der Waals surface area (Å²) in [6.07, 6.45) is 1.18. The number of nitrogens with one attached hydrogen (secondary N) is 1. The van der Waals surface area contributed by atoms with Gasteiger partial charge in [0.05, 0.1) is 23.2 Å². The summed E-state index contributed by atoms with van der Waals surface area (Å²) >= 11 is 5.74. The lowest BCUT2D eigenvalue weighted by molar-refractivity contribution is -0.121. The Balaban J connectivity index is 2.01. The van der Waals surface area contributed by atoms with Gasteiger partial charge in [-0.05, 0) is 30.3 Å². The van der Waals surface area contributed by atoms with Crippen LogP contribution in [0.15, 0.2) is 58.5 Å². The van der Waals surface area contributed by atoms with Crippen LogP contribution < -0.4 is 5.43 Å². The van der Waals surface area contributed by atoms with Crippen molar-refractivity contribution in [1.82, 2.24) is 9.73 Å². The van der Waals surface area contributed by atoms with E-state index < -0.39 is 28.4 Å². The van der Waals surface area contributed by atoms with Crippen molar-refractivity contribution in [1.29, 1.82) is 0 Å². The van der Waals surface area contributed by atoms with Crippen molar-refractivity contribution in [3.63, 3.8) is 0 Å². The number of sulfonamides is 1. The van der Waals surface area contributed by atoms with Gasteiger partial charge in [-0.1, -0.05) is 29.8 Å². The molecule has 0 heterocycles. The third kappa shape index (κ3) is 5.36. The molecular formula is C17H16ClN3O5S. The van der Waals surface area contributed by atoms with E-state index in [1.165, 1.54) is 49.7 Å². The van der Waals surface area contributed by atoms with Crippen LogP contribution in [0.4, 0.5) is 0 Å². The van der Waals surface area contributed by atoms with Crippen LogP contribution in [0.1, 0.15) is 15.9 Å². The summed E-state index contributed by atoms with van der Waals surface area (Å²) in [6, 6.07) is 11.7. The second kappa shape index (κ2) is 8.76. The summed E-state index contributed by atoms with van der Waals surface area (Å²) < 4.78 is 25.7. The van der Waals surface area contributed by atoms with Crippen LogP contribution in [-0.2, 0) is 14.8 Å². The lowest BCUT2D eigenvalue weighted by Crippen LogP contribution is -2.36. The third-order valence-electron chi connectivity index (χ3n) is 3.47. The van der Waals surface area contributed by atoms with Crippen LogP contribution in [0, 0.1) is 0 Å². The van der Waals surface area contributed by atoms with Crippen LogP contribution in [0.25, 0.3) is 0 Å². The van der Waals surface area contributed by atoms with E-state index in [1.807, 2.05) is 0 Å². The average Bonchev–Trinajstić information content (AvgIpc) is 2.62. The Morgan fingerprint density at radius 3 is 2.44 bits per heavy atom. The molecule has 2 rings (SSSR count). The van der Waals surface area contributed by atoms with Crippen LogP contribution in [-0.4, -0.2) is 49.5 Å². The van der Waals surface area contributed by atoms with Crippen molar-refractivity contribution in [2.75, 3.05) is 13.6 Å². The summed E-state index contributed by atoms with van der Waals surface area (Å²) in [6.45, 7) is -0.469. The number of nitrogens with zero attached hydrogens (tertiary/aromatic N) is 2. The second-order valence-corrected chi connectivity index (χ2v) is 7.88. The normalized spacial score (nSPS) is 11.7. The molecule has 142 valence electrons. The molecule has 0 atom stereocenters. The highest BCUT2D eigenvalue weighted by Crippen LogP contribution is 2.17. The molecule has 0 aliphatic carbocycles. The van der Waals surface area contributed by atoms with E-state index in [0.717, 1.165) is 4.31 Å². The van der Waals surface area contributed by atoms with Crippen molar-refractivity contribution in [2.45, 2.75) is 4.90 Å². The minimum Gasteiger partial charge on any atom is -0.478 e. The molecule has 27 heavy (non-hydrogen) atoms. The number of benzene rings is 2. The number of hydrazone groups is 1. The topological polar surface area (TPSA) is 116 Å². The lowest BCUT2D eigenvalue weighted by atomic mass is 10.1. The molecular weight excluding hydrogens is 394 g/mol. The van der Waals surface area contributed by atoms with E-state index >= 15 is 0 Å². The Kier molecular flexibility index (Phi) is 6.67. The fourth-order valence-electron chi connectivity index (χ4n) is 2.09. The number of halogens is 1. The third-order valence-corrected chi connectivity index (χ3v) is 5.54. The average molecular weight is 410 g/mol. The zero-order valence-electron chi connectivity index (χ0n) is 14.2. The zero-order valence-corrected chi connectivity index (χ0v) is 15.7. The first-order chi connectivity index (χ1) is 12.7. The molecule has 0 fully saturated rings. The Bertz CT molecular complexity index is 974. The smallest absolute Gasteiger partial charge is 0.336 e. The summed E-state index contributed by atoms with van der Waals surface area (Å²) in [4.78, 5) is 23.0. The van der Waals surface area contributed by atoms with Gasteiger partial charge in [0.2, 0.25) is 10.0 Å². The molecule has 10 heteroatoms. The number of rotatable bonds is 7. The van der Waals surface area contributed by atoms with Gasteiger partial charge in [0.1, 0.15) is 0 Å². The van der Waals surface area contributed by atoms with Gasteiger partial charge < -0.3 is 5.11 Å². The second-order valence-electron chi connectivity index (χ2n) is 5.40. The molecule has 2 N–H and O–H groups in total. The first-order valence-corrected chi connectivity index (χ1v) is 9.40. The van der Waals surface area contributed by atoms with Gasteiger partial charge in [-0.25, -0.2) is 18.6 Å². The first-order valence-electron chi connectivity index (χ1n) is 7.58. The predicted molar refractivity (Wildman–Crippen MR) is 100 cm³/mol. The molecule has 2 aromatic rings. The highest BCUT2D eigenvalue weighted by Gasteiger charge is 2.22. The van der Waals surface area contributed by atoms with E-state index in [4.69, 9.17) is 16.7 Å². The molecule has 0 bridgehead atoms. The molecule has 0 unspecified atom stereocenters. The molecule has 0 spiro atoms. The molecule has 0 radical (unpaired) electrons. The predicted octanol–water partition coefficient (Wildman–Crippen LogP) is 1.81. The Morgan fingerprint density at radius 1 is 1.19 bits per heavy atom. The van der Waals surface area contributed by atoms with E-state index in [2.05, 4.69) is 10.5 Å². The largest absolute Gasteiger partial charge is 0.478 e. The van der Waals surface area contributed by atoms with Crippen molar-refractivity contribution in [3.8, 4) is 0 Å². The van der Waals surface area contributed by atoms with Crippen molar-refractivity contribution >= 4 is 39.7 Å². The van der Waals surface area contributed by atoms with Crippen LogP contribution in [0.5, 0.6) is 0 Å². The molecule has 0 aliphatic heterocycles.